The molecule has 0 spiro atoms. The first-order chi connectivity index (χ1) is 8.33. The van der Waals surface area contributed by atoms with Crippen molar-refractivity contribution in [3.8, 4) is 0 Å². The first-order valence-corrected chi connectivity index (χ1v) is 8.24. The van der Waals surface area contributed by atoms with E-state index in [1.165, 1.54) is 0 Å². The van der Waals surface area contributed by atoms with E-state index >= 15 is 0 Å². The van der Waals surface area contributed by atoms with E-state index in [-0.39, 0.29) is 18.4 Å². The normalized spacial score (nSPS) is 12.9. The molecule has 0 bridgehead atoms. The maximum Gasteiger partial charge on any atom is 0.336 e. The molecule has 0 saturated heterocycles. The molecule has 0 heterocycles. The van der Waals surface area contributed by atoms with E-state index in [1.54, 1.807) is 0 Å². The molecule has 110 valence electrons. The minimum Gasteiger partial charge on any atom is -0.352 e. The van der Waals surface area contributed by atoms with Crippen LogP contribution < -0.4 is 0 Å². The van der Waals surface area contributed by atoms with E-state index < -0.39 is 13.9 Å². The summed E-state index contributed by atoms with van der Waals surface area (Å²) in [6, 6.07) is 0. The summed E-state index contributed by atoms with van der Waals surface area (Å²) in [7, 11) is -3.20. The zero-order valence-corrected chi connectivity index (χ0v) is 13.2. The van der Waals surface area contributed by atoms with Crippen LogP contribution in [0.1, 0.15) is 41.5 Å². The Balaban J connectivity index is 4.67. The molecule has 0 unspecified atom stereocenters. The maximum absolute atomic E-state index is 12.6. The molecule has 0 amide bonds. The zero-order valence-electron chi connectivity index (χ0n) is 12.3. The molecule has 0 fully saturated rings. The van der Waals surface area contributed by atoms with Crippen molar-refractivity contribution in [2.24, 2.45) is 0 Å². The van der Waals surface area contributed by atoms with Crippen molar-refractivity contribution in [2.45, 2.75) is 60.0 Å². The summed E-state index contributed by atoms with van der Waals surface area (Å²) >= 11 is 0. The van der Waals surface area contributed by atoms with Crippen LogP contribution in [0.25, 0.3) is 0 Å². The molecule has 0 radical (unpaired) electrons. The van der Waals surface area contributed by atoms with E-state index in [0.29, 0.717) is 13.2 Å². The van der Waals surface area contributed by atoms with Crippen LogP contribution in [0.15, 0.2) is 0 Å². The highest BCUT2D eigenvalue weighted by Crippen LogP contribution is 2.51. The Kier molecular flexibility index (Phi) is 9.09. The van der Waals surface area contributed by atoms with Crippen LogP contribution in [-0.4, -0.2) is 37.9 Å². The Bertz CT molecular complexity index is 235. The van der Waals surface area contributed by atoms with E-state index in [9.17, 15) is 4.57 Å². The van der Waals surface area contributed by atoms with Crippen molar-refractivity contribution in [3.05, 3.63) is 0 Å². The molecule has 0 rings (SSSR count). The van der Waals surface area contributed by atoms with Gasteiger partial charge in [-0.1, -0.05) is 0 Å². The Morgan fingerprint density at radius 2 is 1.28 bits per heavy atom. The Labute approximate surface area is 111 Å². The van der Waals surface area contributed by atoms with Crippen LogP contribution in [0.5, 0.6) is 0 Å². The van der Waals surface area contributed by atoms with Gasteiger partial charge in [0.05, 0.1) is 12.2 Å². The summed E-state index contributed by atoms with van der Waals surface area (Å²) in [5, 5.41) is 0. The Morgan fingerprint density at radius 3 is 1.56 bits per heavy atom. The molecular formula is C12H27O5P. The fraction of sp³-hybridized carbons (Fsp3) is 1.00. The minimum atomic E-state index is -3.20. The number of rotatable bonds is 10. The number of hydrogen-bond acceptors (Lipinski definition) is 5. The topological polar surface area (TPSA) is 54.0 Å². The van der Waals surface area contributed by atoms with Crippen molar-refractivity contribution in [2.75, 3.05) is 19.4 Å². The van der Waals surface area contributed by atoms with Crippen molar-refractivity contribution in [1.82, 2.24) is 0 Å². The van der Waals surface area contributed by atoms with Gasteiger partial charge in [0.15, 0.2) is 6.29 Å². The highest BCUT2D eigenvalue weighted by molar-refractivity contribution is 7.53. The molecule has 5 nitrogen and oxygen atoms in total. The van der Waals surface area contributed by atoms with Crippen LogP contribution in [0, 0.1) is 0 Å². The second-order valence-corrected chi connectivity index (χ2v) is 6.45. The lowest BCUT2D eigenvalue weighted by Gasteiger charge is -2.26. The highest BCUT2D eigenvalue weighted by atomic mass is 31.2. The minimum absolute atomic E-state index is 0.116. The summed E-state index contributed by atoms with van der Waals surface area (Å²) in [6.45, 7) is 12.0. The van der Waals surface area contributed by atoms with Gasteiger partial charge in [-0.2, -0.15) is 0 Å². The lowest BCUT2D eigenvalue weighted by Crippen LogP contribution is -2.24. The quantitative estimate of drug-likeness (QED) is 0.454. The largest absolute Gasteiger partial charge is 0.352 e. The zero-order chi connectivity index (χ0) is 14.2. The van der Waals surface area contributed by atoms with Crippen molar-refractivity contribution in [3.63, 3.8) is 0 Å². The first kappa shape index (κ1) is 18.1. The van der Waals surface area contributed by atoms with Crippen LogP contribution in [0.2, 0.25) is 0 Å². The van der Waals surface area contributed by atoms with Gasteiger partial charge < -0.3 is 18.5 Å². The van der Waals surface area contributed by atoms with Gasteiger partial charge in [0.25, 0.3) is 0 Å². The van der Waals surface area contributed by atoms with Gasteiger partial charge in [0.2, 0.25) is 0 Å². The standard InChI is InChI=1S/C12H27O5P/c1-7-14-12(15-8-2)9-18(13,16-10(3)4)17-11(5)6/h10-12H,7-9H2,1-6H3. The third-order valence-corrected chi connectivity index (χ3v) is 4.05. The molecule has 0 aliphatic rings. The molecule has 18 heavy (non-hydrogen) atoms. The molecule has 0 aromatic rings. The third kappa shape index (κ3) is 8.22. The van der Waals surface area contributed by atoms with Gasteiger partial charge in [0, 0.05) is 13.2 Å². The van der Waals surface area contributed by atoms with Crippen molar-refractivity contribution >= 4 is 7.60 Å². The monoisotopic (exact) mass is 282 g/mol. The summed E-state index contributed by atoms with van der Waals surface area (Å²) in [5.41, 5.74) is 0. The first-order valence-electron chi connectivity index (χ1n) is 6.52. The second kappa shape index (κ2) is 9.05. The van der Waals surface area contributed by atoms with Crippen molar-refractivity contribution in [1.29, 1.82) is 0 Å². The summed E-state index contributed by atoms with van der Waals surface area (Å²) in [5.74, 6) is 0. The Morgan fingerprint density at radius 1 is 0.889 bits per heavy atom. The molecule has 0 saturated carbocycles. The third-order valence-electron chi connectivity index (χ3n) is 1.82. The molecule has 0 aliphatic heterocycles. The van der Waals surface area contributed by atoms with Gasteiger partial charge in [-0.15, -0.1) is 0 Å². The molecule has 0 aromatic heterocycles. The number of hydrogen-bond donors (Lipinski definition) is 0. The van der Waals surface area contributed by atoms with Gasteiger partial charge in [-0.05, 0) is 41.5 Å². The molecule has 0 N–H and O–H groups in total. The van der Waals surface area contributed by atoms with E-state index in [4.69, 9.17) is 18.5 Å². The van der Waals surface area contributed by atoms with Crippen LogP contribution in [0.4, 0.5) is 0 Å². The lowest BCUT2D eigenvalue weighted by atomic mass is 10.5. The molecule has 0 atom stereocenters. The predicted molar refractivity (Wildman–Crippen MR) is 72.0 cm³/mol. The predicted octanol–water partition coefficient (Wildman–Crippen LogP) is 3.43. The Hall–Kier alpha value is 0.0700. The van der Waals surface area contributed by atoms with E-state index in [0.717, 1.165) is 0 Å². The average Bonchev–Trinajstić information content (AvgIpc) is 2.14. The SMILES string of the molecule is CCOC(CP(=O)(OC(C)C)OC(C)C)OCC. The molecule has 0 aromatic carbocycles. The van der Waals surface area contributed by atoms with Crippen molar-refractivity contribution < 1.29 is 23.1 Å². The maximum atomic E-state index is 12.6. The lowest BCUT2D eigenvalue weighted by molar-refractivity contribution is -0.123. The molecular weight excluding hydrogens is 255 g/mol. The van der Waals surface area contributed by atoms with Crippen LogP contribution in [-0.2, 0) is 23.1 Å². The fourth-order valence-corrected chi connectivity index (χ4v) is 3.54. The van der Waals surface area contributed by atoms with E-state index in [1.807, 2.05) is 41.5 Å². The van der Waals surface area contributed by atoms with Gasteiger partial charge >= 0.3 is 7.60 Å². The highest BCUT2D eigenvalue weighted by Gasteiger charge is 2.32. The summed E-state index contributed by atoms with van der Waals surface area (Å²) in [6.07, 6.45) is -0.772. The van der Waals surface area contributed by atoms with Gasteiger partial charge in [-0.3, -0.25) is 4.57 Å². The van der Waals surface area contributed by atoms with Crippen LogP contribution in [0.3, 0.4) is 0 Å². The smallest absolute Gasteiger partial charge is 0.336 e. The summed E-state index contributed by atoms with van der Waals surface area (Å²) in [4.78, 5) is 0. The molecule has 6 heteroatoms. The van der Waals surface area contributed by atoms with Gasteiger partial charge in [0.1, 0.15) is 6.16 Å². The molecule has 0 aliphatic carbocycles. The van der Waals surface area contributed by atoms with Crippen LogP contribution >= 0.6 is 7.60 Å². The van der Waals surface area contributed by atoms with E-state index in [2.05, 4.69) is 0 Å². The number of ether oxygens (including phenoxy) is 2. The average molecular weight is 282 g/mol. The summed E-state index contributed by atoms with van der Waals surface area (Å²) < 4.78 is 34.3. The fourth-order valence-electron chi connectivity index (χ4n) is 1.46. The second-order valence-electron chi connectivity index (χ2n) is 4.44. The van der Waals surface area contributed by atoms with Gasteiger partial charge in [-0.25, -0.2) is 0 Å².